The summed E-state index contributed by atoms with van der Waals surface area (Å²) in [6, 6.07) is 24.2. The fraction of sp³-hybridized carbons (Fsp3) is 0.294. The Bertz CT molecular complexity index is 3600. The third-order valence-electron chi connectivity index (χ3n) is 13.2. The molecule has 5 aliphatic rings. The Hall–Kier alpha value is -8.02. The second kappa shape index (κ2) is 19.1. The Morgan fingerprint density at radius 2 is 1.05 bits per heavy atom. The van der Waals surface area contributed by atoms with Gasteiger partial charge in [-0.2, -0.15) is 0 Å². The minimum Gasteiger partial charge on any atom is -0.487 e. The van der Waals surface area contributed by atoms with Crippen LogP contribution in [-0.2, 0) is 19.6 Å². The van der Waals surface area contributed by atoms with Crippen LogP contribution in [-0.4, -0.2) is 98.2 Å². The van der Waals surface area contributed by atoms with Gasteiger partial charge >= 0.3 is 0 Å². The van der Waals surface area contributed by atoms with E-state index >= 15 is 0 Å². The number of methoxy groups -OCH3 is 1. The fourth-order valence-corrected chi connectivity index (χ4v) is 11.9. The molecule has 2 fully saturated rings. The van der Waals surface area contributed by atoms with Crippen molar-refractivity contribution in [3.05, 3.63) is 128 Å². The van der Waals surface area contributed by atoms with Crippen LogP contribution in [0.1, 0.15) is 103 Å². The molecule has 0 spiro atoms. The zero-order valence-electron chi connectivity index (χ0n) is 40.9. The van der Waals surface area contributed by atoms with Crippen LogP contribution in [0.15, 0.2) is 97.2 Å². The molecular formula is C51H48N16O4S3. The molecule has 74 heavy (non-hydrogen) atoms. The maximum absolute atomic E-state index is 12.9. The Morgan fingerprint density at radius 3 is 1.53 bits per heavy atom. The van der Waals surface area contributed by atoms with Crippen LogP contribution in [0.4, 0.5) is 22.5 Å². The van der Waals surface area contributed by atoms with Crippen LogP contribution >= 0.6 is 34.0 Å². The molecule has 0 bridgehead atoms. The Balaban J connectivity index is 0.000000113. The summed E-state index contributed by atoms with van der Waals surface area (Å²) in [6.07, 6.45) is 9.84. The summed E-state index contributed by atoms with van der Waals surface area (Å²) in [5, 5.41) is 28.5. The maximum Gasteiger partial charge on any atom is 0.270 e. The smallest absolute Gasteiger partial charge is 0.270 e. The zero-order valence-corrected chi connectivity index (χ0v) is 43.4. The van der Waals surface area contributed by atoms with Crippen molar-refractivity contribution >= 4 is 74.2 Å². The highest BCUT2D eigenvalue weighted by Crippen LogP contribution is 2.42. The molecule has 0 atom stereocenters. The molecule has 0 unspecified atom stereocenters. The van der Waals surface area contributed by atoms with Gasteiger partial charge in [0.15, 0.2) is 22.5 Å². The normalized spacial score (nSPS) is 15.5. The van der Waals surface area contributed by atoms with Crippen molar-refractivity contribution in [1.82, 2.24) is 59.2 Å². The van der Waals surface area contributed by atoms with E-state index in [0.29, 0.717) is 55.0 Å². The van der Waals surface area contributed by atoms with E-state index in [-0.39, 0.29) is 23.8 Å². The molecule has 3 aliphatic heterocycles. The number of rotatable bonds is 11. The monoisotopic (exact) mass is 1040 g/mol. The molecule has 2 saturated carbocycles. The highest BCUT2D eigenvalue weighted by molar-refractivity contribution is 7.18. The first-order valence-corrected chi connectivity index (χ1v) is 26.6. The molecular weight excluding hydrogens is 997 g/mol. The minimum absolute atomic E-state index is 0.0185. The lowest BCUT2D eigenvalue weighted by Gasteiger charge is -2.16. The number of carbonyl (C=O) groups excluding carboxylic acids is 3. The molecule has 14 rings (SSSR count). The topological polar surface area (TPSA) is 204 Å². The van der Waals surface area contributed by atoms with Crippen LogP contribution in [0.25, 0.3) is 34.6 Å². The summed E-state index contributed by atoms with van der Waals surface area (Å²) in [5.41, 5.74) is 5.33. The van der Waals surface area contributed by atoms with Crippen molar-refractivity contribution in [2.45, 2.75) is 77.3 Å². The van der Waals surface area contributed by atoms with E-state index in [4.69, 9.17) is 9.72 Å². The molecule has 2 aliphatic carbocycles. The summed E-state index contributed by atoms with van der Waals surface area (Å²) >= 11 is 4.39. The first-order chi connectivity index (χ1) is 36.0. The van der Waals surface area contributed by atoms with Gasteiger partial charge in [-0.25, -0.2) is 15.0 Å². The Morgan fingerprint density at radius 1 is 0.581 bits per heavy atom. The average Bonchev–Trinajstić information content (AvgIpc) is 3.92. The number of anilines is 4. The molecule has 0 saturated heterocycles. The summed E-state index contributed by atoms with van der Waals surface area (Å²) in [7, 11) is 5.60. The number of hydrogen-bond acceptors (Lipinski definition) is 17. The molecule has 374 valence electrons. The van der Waals surface area contributed by atoms with Crippen LogP contribution < -0.4 is 24.3 Å². The molecule has 0 radical (unpaired) electrons. The van der Waals surface area contributed by atoms with Crippen molar-refractivity contribution in [3.8, 4) is 39.6 Å². The lowest BCUT2D eigenvalue weighted by Crippen LogP contribution is -2.24. The number of aromatic nitrogens is 12. The molecule has 9 aromatic heterocycles. The molecule has 9 aromatic rings. The average molecular weight is 1050 g/mol. The molecule has 20 nitrogen and oxygen atoms in total. The second-order valence-corrected chi connectivity index (χ2v) is 21.8. The van der Waals surface area contributed by atoms with Gasteiger partial charge in [0, 0.05) is 32.2 Å². The van der Waals surface area contributed by atoms with E-state index in [1.54, 1.807) is 40.8 Å². The van der Waals surface area contributed by atoms with Crippen molar-refractivity contribution < 1.29 is 19.1 Å². The maximum atomic E-state index is 12.9. The van der Waals surface area contributed by atoms with E-state index in [1.807, 2.05) is 95.7 Å². The van der Waals surface area contributed by atoms with Crippen LogP contribution in [0.3, 0.4) is 0 Å². The van der Waals surface area contributed by atoms with Crippen LogP contribution in [0.2, 0.25) is 0 Å². The Kier molecular flexibility index (Phi) is 12.1. The van der Waals surface area contributed by atoms with E-state index in [2.05, 4.69) is 69.6 Å². The quantitative estimate of drug-likeness (QED) is 0.119. The van der Waals surface area contributed by atoms with Crippen molar-refractivity contribution in [2.24, 2.45) is 0 Å². The van der Waals surface area contributed by atoms with E-state index in [0.717, 1.165) is 95.8 Å². The number of nitrogens with zero attached hydrogens (tertiary/aromatic N) is 16. The van der Waals surface area contributed by atoms with Crippen molar-refractivity contribution in [1.29, 1.82) is 0 Å². The number of pyridine rings is 3. The number of ether oxygens (including phenoxy) is 1. The van der Waals surface area contributed by atoms with E-state index in [9.17, 15) is 14.4 Å². The lowest BCUT2D eigenvalue weighted by molar-refractivity contribution is 0.0991. The Labute approximate surface area is 436 Å². The number of hydrogen-bond donors (Lipinski definition) is 0. The van der Waals surface area contributed by atoms with Crippen LogP contribution in [0, 0.1) is 0 Å². The standard InChI is InChI=1S/C18H18N6OS.C17H15N5O2S.C16H15N5OS/c1-22(2)15-8-11-9-23(18(25)16(11)26-15)14-5-3-4-13(20-14)17-21-19-10-24(17)12-6-7-12;1-24-14-7-10-8-21(17(23)15(10)25-14)13-4-2-3-12(19-13)16-20-18-9-22(16)11-5-6-11;1-10(2)21-9-17-19-15(21)12-4-3-5-13(18-12)20-8-11-6-7-23-14(11)16(20)22/h3-5,8,10,12H,6-7,9H2,1-2H3;2-4,7,9,11H,5-6,8H2,1H3;3-7,9-10H,8H2,1-2H3. The number of fused-ring (bicyclic) bond motifs is 3. The second-order valence-electron chi connectivity index (χ2n) is 18.8. The van der Waals surface area contributed by atoms with Crippen molar-refractivity contribution in [2.75, 3.05) is 40.8 Å². The zero-order chi connectivity index (χ0) is 50.8. The van der Waals surface area contributed by atoms with Crippen LogP contribution in [0.5, 0.6) is 5.06 Å². The summed E-state index contributed by atoms with van der Waals surface area (Å²) < 4.78 is 11.3. The largest absolute Gasteiger partial charge is 0.487 e. The molecule has 0 aromatic carbocycles. The summed E-state index contributed by atoms with van der Waals surface area (Å²) in [5.74, 6) is 4.19. The summed E-state index contributed by atoms with van der Waals surface area (Å²) in [4.78, 5) is 61.6. The lowest BCUT2D eigenvalue weighted by atomic mass is 10.3. The van der Waals surface area contributed by atoms with Gasteiger partial charge in [0.2, 0.25) is 0 Å². The van der Waals surface area contributed by atoms with E-state index in [1.165, 1.54) is 34.0 Å². The van der Waals surface area contributed by atoms with Gasteiger partial charge in [-0.1, -0.05) is 29.5 Å². The predicted molar refractivity (Wildman–Crippen MR) is 282 cm³/mol. The number of amides is 3. The number of carbonyl (C=O) groups is 3. The molecule has 23 heteroatoms. The van der Waals surface area contributed by atoms with Gasteiger partial charge in [0.1, 0.15) is 58.4 Å². The molecule has 3 amide bonds. The van der Waals surface area contributed by atoms with Gasteiger partial charge in [-0.3, -0.25) is 29.1 Å². The minimum atomic E-state index is -0.0309. The highest BCUT2D eigenvalue weighted by atomic mass is 32.1. The first-order valence-electron chi connectivity index (χ1n) is 24.1. The highest BCUT2D eigenvalue weighted by Gasteiger charge is 2.36. The third kappa shape index (κ3) is 8.78. The summed E-state index contributed by atoms with van der Waals surface area (Å²) in [6.45, 7) is 5.78. The SMILES string of the molecule is CC(C)n1cnnc1-c1cccc(N2Cc3ccsc3C2=O)n1.CN(C)c1cc2c(s1)C(=O)N(c1cccc(-c3nncn3C3CC3)n1)C2.COc1cc2c(s1)C(=O)N(c1cccc(-c3nncn3C3CC3)n1)C2. The van der Waals surface area contributed by atoms with Gasteiger partial charge in [0.05, 0.1) is 41.5 Å². The van der Waals surface area contributed by atoms with Gasteiger partial charge in [-0.15, -0.1) is 53.3 Å². The third-order valence-corrected chi connectivity index (χ3v) is 16.6. The first kappa shape index (κ1) is 47.0. The number of thiophene rings is 3. The van der Waals surface area contributed by atoms with Gasteiger partial charge in [0.25, 0.3) is 17.7 Å². The van der Waals surface area contributed by atoms with Gasteiger partial charge < -0.3 is 23.3 Å². The van der Waals surface area contributed by atoms with Gasteiger partial charge in [-0.05, 0) is 116 Å². The molecule has 0 N–H and O–H groups in total. The molecule has 12 heterocycles. The predicted octanol–water partition coefficient (Wildman–Crippen LogP) is 9.01. The van der Waals surface area contributed by atoms with E-state index < -0.39 is 0 Å². The fourth-order valence-electron chi connectivity index (χ4n) is 9.02. The van der Waals surface area contributed by atoms with Crippen molar-refractivity contribution in [3.63, 3.8) is 0 Å².